The molecule has 0 bridgehead atoms. The van der Waals surface area contributed by atoms with Crippen molar-refractivity contribution >= 4 is 22.8 Å². The summed E-state index contributed by atoms with van der Waals surface area (Å²) < 4.78 is 10.5. The summed E-state index contributed by atoms with van der Waals surface area (Å²) in [4.78, 5) is 29.5. The van der Waals surface area contributed by atoms with Crippen LogP contribution in [0.4, 0.5) is 0 Å². The fraction of sp³-hybridized carbons (Fsp3) is 0.0800. The molecule has 0 saturated carbocycles. The molecule has 30 heavy (non-hydrogen) atoms. The van der Waals surface area contributed by atoms with E-state index in [4.69, 9.17) is 9.15 Å². The molecule has 0 saturated heterocycles. The highest BCUT2D eigenvalue weighted by atomic mass is 16.5. The van der Waals surface area contributed by atoms with Gasteiger partial charge in [-0.25, -0.2) is 4.79 Å². The minimum Gasteiger partial charge on any atom is -0.497 e. The van der Waals surface area contributed by atoms with Gasteiger partial charge in [0.15, 0.2) is 5.78 Å². The Bertz CT molecular complexity index is 1320. The van der Waals surface area contributed by atoms with Crippen molar-refractivity contribution in [1.82, 2.24) is 4.98 Å². The van der Waals surface area contributed by atoms with Gasteiger partial charge in [0.05, 0.1) is 18.4 Å². The Morgan fingerprint density at radius 1 is 1.03 bits per heavy atom. The third-order valence-electron chi connectivity index (χ3n) is 4.81. The molecule has 0 fully saturated rings. The number of ketones is 1. The number of hydrogen-bond donors (Lipinski definition) is 0. The Labute approximate surface area is 173 Å². The number of hydrogen-bond acceptors (Lipinski definition) is 5. The molecule has 2 aromatic heterocycles. The van der Waals surface area contributed by atoms with Crippen LogP contribution < -0.4 is 10.4 Å². The Balaban J connectivity index is 1.61. The predicted octanol–water partition coefficient (Wildman–Crippen LogP) is 5.07. The summed E-state index contributed by atoms with van der Waals surface area (Å²) in [5.74, 6) is 0.597. The summed E-state index contributed by atoms with van der Waals surface area (Å²) in [7, 11) is 1.61. The molecule has 4 rings (SSSR count). The third kappa shape index (κ3) is 3.91. The van der Waals surface area contributed by atoms with Gasteiger partial charge in [-0.3, -0.25) is 9.78 Å². The Kier molecular flexibility index (Phi) is 5.26. The van der Waals surface area contributed by atoms with Crippen molar-refractivity contribution < 1.29 is 13.9 Å². The maximum atomic E-state index is 12.6. The van der Waals surface area contributed by atoms with Crippen LogP contribution in [0.5, 0.6) is 5.75 Å². The highest BCUT2D eigenvalue weighted by Gasteiger charge is 2.13. The number of pyridine rings is 1. The molecule has 0 aliphatic heterocycles. The smallest absolute Gasteiger partial charge is 0.345 e. The van der Waals surface area contributed by atoms with Crippen LogP contribution in [0.25, 0.3) is 28.3 Å². The van der Waals surface area contributed by atoms with Crippen LogP contribution in [0.2, 0.25) is 0 Å². The monoisotopic (exact) mass is 397 g/mol. The molecule has 0 atom stereocenters. The molecular weight excluding hydrogens is 378 g/mol. The Morgan fingerprint density at radius 2 is 1.80 bits per heavy atom. The molecule has 0 aliphatic carbocycles. The summed E-state index contributed by atoms with van der Waals surface area (Å²) in [5.41, 5.74) is 2.82. The van der Waals surface area contributed by atoms with Gasteiger partial charge >= 0.3 is 5.63 Å². The number of rotatable bonds is 5. The highest BCUT2D eigenvalue weighted by Crippen LogP contribution is 2.21. The fourth-order valence-electron chi connectivity index (χ4n) is 3.19. The van der Waals surface area contributed by atoms with E-state index in [2.05, 4.69) is 4.98 Å². The number of aryl methyl sites for hydroxylation is 1. The van der Waals surface area contributed by atoms with Gasteiger partial charge < -0.3 is 9.15 Å². The van der Waals surface area contributed by atoms with Gasteiger partial charge in [-0.1, -0.05) is 36.4 Å². The zero-order valence-electron chi connectivity index (χ0n) is 16.6. The zero-order valence-corrected chi connectivity index (χ0v) is 16.6. The van der Waals surface area contributed by atoms with Crippen molar-refractivity contribution in [2.75, 3.05) is 7.11 Å². The summed E-state index contributed by atoms with van der Waals surface area (Å²) in [6.07, 6.45) is 3.25. The average Bonchev–Trinajstić information content (AvgIpc) is 2.77. The van der Waals surface area contributed by atoms with Crippen molar-refractivity contribution in [3.63, 3.8) is 0 Å². The van der Waals surface area contributed by atoms with Gasteiger partial charge in [0.25, 0.3) is 0 Å². The van der Waals surface area contributed by atoms with E-state index in [-0.39, 0.29) is 5.78 Å². The summed E-state index contributed by atoms with van der Waals surface area (Å²) in [6.45, 7) is 1.75. The van der Waals surface area contributed by atoms with Crippen LogP contribution in [0.1, 0.15) is 21.6 Å². The number of fused-ring (bicyclic) bond motifs is 1. The topological polar surface area (TPSA) is 69.4 Å². The van der Waals surface area contributed by atoms with Crippen LogP contribution in [0.3, 0.4) is 0 Å². The van der Waals surface area contributed by atoms with Crippen molar-refractivity contribution in [2.45, 2.75) is 6.92 Å². The number of allylic oxidation sites excluding steroid dienone is 1. The lowest BCUT2D eigenvalue weighted by Gasteiger charge is -2.06. The molecule has 4 aromatic rings. The summed E-state index contributed by atoms with van der Waals surface area (Å²) in [5, 5.41) is 0.814. The number of methoxy groups -OCH3 is 1. The average molecular weight is 397 g/mol. The van der Waals surface area contributed by atoms with E-state index in [0.29, 0.717) is 28.1 Å². The van der Waals surface area contributed by atoms with Crippen LogP contribution in [0, 0.1) is 6.92 Å². The van der Waals surface area contributed by atoms with Crippen LogP contribution >= 0.6 is 0 Å². The van der Waals surface area contributed by atoms with Gasteiger partial charge in [-0.05, 0) is 55.0 Å². The van der Waals surface area contributed by atoms with E-state index >= 15 is 0 Å². The number of ether oxygens (including phenoxy) is 1. The van der Waals surface area contributed by atoms with Gasteiger partial charge in [0.1, 0.15) is 11.3 Å². The maximum Gasteiger partial charge on any atom is 0.345 e. The molecule has 0 aliphatic rings. The SMILES string of the molecule is COc1ccc(/C=C/C(=O)c2ccc(-c3cc4ccccc4oc3=O)nc2C)cc1. The molecule has 2 aromatic carbocycles. The summed E-state index contributed by atoms with van der Waals surface area (Å²) in [6, 6.07) is 19.8. The molecule has 148 valence electrons. The van der Waals surface area contributed by atoms with Crippen LogP contribution in [-0.2, 0) is 0 Å². The second kappa shape index (κ2) is 8.17. The van der Waals surface area contributed by atoms with E-state index in [1.807, 2.05) is 42.5 Å². The minimum atomic E-state index is -0.459. The minimum absolute atomic E-state index is 0.159. The van der Waals surface area contributed by atoms with Crippen molar-refractivity contribution in [1.29, 1.82) is 0 Å². The lowest BCUT2D eigenvalue weighted by atomic mass is 10.0. The lowest BCUT2D eigenvalue weighted by Crippen LogP contribution is -2.06. The normalized spacial score (nSPS) is 11.1. The first-order chi connectivity index (χ1) is 14.5. The molecule has 0 N–H and O–H groups in total. The third-order valence-corrected chi connectivity index (χ3v) is 4.81. The van der Waals surface area contributed by atoms with Crippen molar-refractivity contribution in [2.24, 2.45) is 0 Å². The van der Waals surface area contributed by atoms with E-state index in [9.17, 15) is 9.59 Å². The second-order valence-corrected chi connectivity index (χ2v) is 6.79. The zero-order chi connectivity index (χ0) is 21.1. The lowest BCUT2D eigenvalue weighted by molar-refractivity contribution is 0.104. The first-order valence-corrected chi connectivity index (χ1v) is 9.42. The number of carbonyl (C=O) groups is 1. The van der Waals surface area contributed by atoms with Gasteiger partial charge in [-0.15, -0.1) is 0 Å². The molecule has 2 heterocycles. The van der Waals surface area contributed by atoms with Crippen molar-refractivity contribution in [3.8, 4) is 17.0 Å². The van der Waals surface area contributed by atoms with E-state index in [1.165, 1.54) is 6.08 Å². The fourth-order valence-corrected chi connectivity index (χ4v) is 3.19. The Hall–Kier alpha value is -3.99. The quantitative estimate of drug-likeness (QED) is 0.267. The molecular formula is C25H19NO4. The maximum absolute atomic E-state index is 12.6. The highest BCUT2D eigenvalue weighted by molar-refractivity contribution is 6.07. The van der Waals surface area contributed by atoms with Crippen molar-refractivity contribution in [3.05, 3.63) is 100 Å². The summed E-state index contributed by atoms with van der Waals surface area (Å²) >= 11 is 0. The van der Waals surface area contributed by atoms with Crippen LogP contribution in [-0.4, -0.2) is 17.9 Å². The number of para-hydroxylation sites is 1. The number of aromatic nitrogens is 1. The molecule has 0 spiro atoms. The van der Waals surface area contributed by atoms with Gasteiger partial charge in [0.2, 0.25) is 0 Å². The van der Waals surface area contributed by atoms with E-state index < -0.39 is 5.63 Å². The number of carbonyl (C=O) groups excluding carboxylic acids is 1. The Morgan fingerprint density at radius 3 is 2.53 bits per heavy atom. The van der Waals surface area contributed by atoms with Crippen LogP contribution in [0.15, 0.2) is 82.0 Å². The first-order valence-electron chi connectivity index (χ1n) is 9.42. The first kappa shape index (κ1) is 19.3. The molecule has 0 amide bonds. The second-order valence-electron chi connectivity index (χ2n) is 6.79. The van der Waals surface area contributed by atoms with E-state index in [1.54, 1.807) is 44.4 Å². The largest absolute Gasteiger partial charge is 0.497 e. The molecule has 5 nitrogen and oxygen atoms in total. The molecule has 5 heteroatoms. The van der Waals surface area contributed by atoms with Gasteiger partial charge in [-0.2, -0.15) is 0 Å². The van der Waals surface area contributed by atoms with Gasteiger partial charge in [0, 0.05) is 16.6 Å². The number of benzene rings is 2. The number of nitrogens with zero attached hydrogens (tertiary/aromatic N) is 1. The predicted molar refractivity (Wildman–Crippen MR) is 117 cm³/mol. The van der Waals surface area contributed by atoms with E-state index in [0.717, 1.165) is 16.7 Å². The standard InChI is InChI=1S/C25H19NO4/c1-16-20(23(27)14-9-17-7-10-19(29-2)11-8-17)12-13-22(26-16)21-15-18-5-3-4-6-24(18)30-25(21)28/h3-15H,1-2H3/b14-9+. The molecule has 0 radical (unpaired) electrons. The molecule has 0 unspecified atom stereocenters.